The molecule has 3 nitrogen and oxygen atoms in total. The average molecular weight is 268 g/mol. The lowest BCUT2D eigenvalue weighted by Crippen LogP contribution is -2.38. The summed E-state index contributed by atoms with van der Waals surface area (Å²) in [6.07, 6.45) is 5.74. The van der Waals surface area contributed by atoms with Gasteiger partial charge < -0.3 is 5.11 Å². The Morgan fingerprint density at radius 3 is 2.67 bits per heavy atom. The monoisotopic (exact) mass is 267 g/mol. The molecule has 1 saturated carbocycles. The van der Waals surface area contributed by atoms with E-state index in [1.54, 1.807) is 24.3 Å². The Hall–Kier alpha value is -1.06. The summed E-state index contributed by atoms with van der Waals surface area (Å²) < 4.78 is 0. The minimum atomic E-state index is -0.845. The minimum Gasteiger partial charge on any atom is -0.480 e. The van der Waals surface area contributed by atoms with Crippen LogP contribution in [0.3, 0.4) is 0 Å². The Labute approximate surface area is 112 Å². The molecular weight excluding hydrogens is 250 g/mol. The third-order valence-corrected chi connectivity index (χ3v) is 3.67. The summed E-state index contributed by atoms with van der Waals surface area (Å²) in [6, 6.07) is 6.71. The SMILES string of the molecule is O=C(O)C(NC1CCCCC1)c1cccc(Cl)c1. The molecule has 1 aliphatic carbocycles. The van der Waals surface area contributed by atoms with Crippen molar-refractivity contribution < 1.29 is 9.90 Å². The van der Waals surface area contributed by atoms with Gasteiger partial charge in [-0.25, -0.2) is 0 Å². The van der Waals surface area contributed by atoms with Gasteiger partial charge in [0, 0.05) is 11.1 Å². The third-order valence-electron chi connectivity index (χ3n) is 3.44. The predicted molar refractivity (Wildman–Crippen MR) is 71.8 cm³/mol. The van der Waals surface area contributed by atoms with E-state index < -0.39 is 12.0 Å². The van der Waals surface area contributed by atoms with E-state index in [0.29, 0.717) is 11.1 Å². The molecule has 2 rings (SSSR count). The quantitative estimate of drug-likeness (QED) is 0.879. The highest BCUT2D eigenvalue weighted by atomic mass is 35.5. The fourth-order valence-corrected chi connectivity index (χ4v) is 2.70. The number of carboxylic acid groups (broad SMARTS) is 1. The van der Waals surface area contributed by atoms with E-state index >= 15 is 0 Å². The summed E-state index contributed by atoms with van der Waals surface area (Å²) >= 11 is 5.92. The first-order valence-corrected chi connectivity index (χ1v) is 6.79. The second-order valence-corrected chi connectivity index (χ2v) is 5.26. The first kappa shape index (κ1) is 13.4. The van der Waals surface area contributed by atoms with Gasteiger partial charge in [0.05, 0.1) is 0 Å². The van der Waals surface area contributed by atoms with E-state index in [4.69, 9.17) is 11.6 Å². The second kappa shape index (κ2) is 6.21. The maximum Gasteiger partial charge on any atom is 0.325 e. The van der Waals surface area contributed by atoms with Gasteiger partial charge >= 0.3 is 5.97 Å². The molecule has 0 saturated heterocycles. The van der Waals surface area contributed by atoms with E-state index in [1.807, 2.05) is 0 Å². The molecule has 0 radical (unpaired) electrons. The van der Waals surface area contributed by atoms with Crippen LogP contribution < -0.4 is 5.32 Å². The maximum atomic E-state index is 11.4. The van der Waals surface area contributed by atoms with Crippen molar-refractivity contribution in [1.82, 2.24) is 5.32 Å². The summed E-state index contributed by atoms with van der Waals surface area (Å²) in [7, 11) is 0. The van der Waals surface area contributed by atoms with Crippen molar-refractivity contribution in [3.63, 3.8) is 0 Å². The van der Waals surface area contributed by atoms with Crippen molar-refractivity contribution in [2.75, 3.05) is 0 Å². The van der Waals surface area contributed by atoms with E-state index in [2.05, 4.69) is 5.32 Å². The Balaban J connectivity index is 2.10. The number of nitrogens with one attached hydrogen (secondary N) is 1. The van der Waals surface area contributed by atoms with Gasteiger partial charge in [-0.2, -0.15) is 0 Å². The second-order valence-electron chi connectivity index (χ2n) is 4.83. The van der Waals surface area contributed by atoms with Gasteiger partial charge in [-0.3, -0.25) is 10.1 Å². The lowest BCUT2D eigenvalue weighted by atomic mass is 9.94. The molecule has 18 heavy (non-hydrogen) atoms. The van der Waals surface area contributed by atoms with Crippen molar-refractivity contribution in [2.24, 2.45) is 0 Å². The molecule has 1 unspecified atom stereocenters. The van der Waals surface area contributed by atoms with Crippen molar-refractivity contribution in [1.29, 1.82) is 0 Å². The highest BCUT2D eigenvalue weighted by molar-refractivity contribution is 6.30. The minimum absolute atomic E-state index is 0.304. The van der Waals surface area contributed by atoms with Crippen LogP contribution in [0.5, 0.6) is 0 Å². The van der Waals surface area contributed by atoms with Crippen molar-refractivity contribution in [2.45, 2.75) is 44.2 Å². The summed E-state index contributed by atoms with van der Waals surface area (Å²) in [6.45, 7) is 0. The molecule has 98 valence electrons. The van der Waals surface area contributed by atoms with Crippen LogP contribution in [0.4, 0.5) is 0 Å². The van der Waals surface area contributed by atoms with Crippen LogP contribution in [0.15, 0.2) is 24.3 Å². The zero-order valence-electron chi connectivity index (χ0n) is 10.2. The van der Waals surface area contributed by atoms with Crippen LogP contribution in [-0.4, -0.2) is 17.1 Å². The molecule has 0 spiro atoms. The third kappa shape index (κ3) is 3.47. The number of aliphatic carboxylic acids is 1. The van der Waals surface area contributed by atoms with Crippen LogP contribution in [0.1, 0.15) is 43.7 Å². The lowest BCUT2D eigenvalue weighted by Gasteiger charge is -2.26. The predicted octanol–water partition coefficient (Wildman–Crippen LogP) is 3.39. The van der Waals surface area contributed by atoms with Crippen LogP contribution in [0.25, 0.3) is 0 Å². The molecule has 1 aromatic rings. The van der Waals surface area contributed by atoms with Crippen molar-refractivity contribution in [3.8, 4) is 0 Å². The molecule has 1 aliphatic rings. The van der Waals surface area contributed by atoms with Crippen molar-refractivity contribution in [3.05, 3.63) is 34.9 Å². The first-order chi connectivity index (χ1) is 8.66. The smallest absolute Gasteiger partial charge is 0.325 e. The van der Waals surface area contributed by atoms with Crippen LogP contribution in [0.2, 0.25) is 5.02 Å². The zero-order chi connectivity index (χ0) is 13.0. The maximum absolute atomic E-state index is 11.4. The number of hydrogen-bond acceptors (Lipinski definition) is 2. The standard InChI is InChI=1S/C14H18ClNO2/c15-11-6-4-5-10(9-11)13(14(17)18)16-12-7-2-1-3-8-12/h4-6,9,12-13,16H,1-3,7-8H2,(H,17,18). The van der Waals surface area contributed by atoms with Gasteiger partial charge in [0.2, 0.25) is 0 Å². The van der Waals surface area contributed by atoms with Gasteiger partial charge in [0.15, 0.2) is 0 Å². The van der Waals surface area contributed by atoms with Gasteiger partial charge in [0.25, 0.3) is 0 Å². The Bertz CT molecular complexity index is 416. The van der Waals surface area contributed by atoms with E-state index in [1.165, 1.54) is 19.3 Å². The van der Waals surface area contributed by atoms with Gasteiger partial charge in [0.1, 0.15) is 6.04 Å². The number of rotatable bonds is 4. The average Bonchev–Trinajstić information content (AvgIpc) is 2.37. The van der Waals surface area contributed by atoms with Crippen molar-refractivity contribution >= 4 is 17.6 Å². The lowest BCUT2D eigenvalue weighted by molar-refractivity contribution is -0.140. The molecule has 2 N–H and O–H groups in total. The van der Waals surface area contributed by atoms with Crippen LogP contribution in [0, 0.1) is 0 Å². The summed E-state index contributed by atoms with van der Waals surface area (Å²) in [5.74, 6) is -0.845. The molecule has 4 heteroatoms. The molecule has 0 aliphatic heterocycles. The normalized spacial score (nSPS) is 18.5. The molecule has 1 aromatic carbocycles. The molecule has 1 atom stereocenters. The Morgan fingerprint density at radius 2 is 2.06 bits per heavy atom. The molecule has 1 fully saturated rings. The van der Waals surface area contributed by atoms with Gasteiger partial charge in [-0.15, -0.1) is 0 Å². The van der Waals surface area contributed by atoms with E-state index in [0.717, 1.165) is 18.4 Å². The number of carbonyl (C=O) groups is 1. The van der Waals surface area contributed by atoms with Gasteiger partial charge in [-0.1, -0.05) is 43.0 Å². The number of benzene rings is 1. The Kier molecular flexibility index (Phi) is 4.61. The summed E-state index contributed by atoms with van der Waals surface area (Å²) in [4.78, 5) is 11.4. The fourth-order valence-electron chi connectivity index (χ4n) is 2.50. The summed E-state index contributed by atoms with van der Waals surface area (Å²) in [5.41, 5.74) is 0.723. The van der Waals surface area contributed by atoms with Crippen LogP contribution in [-0.2, 0) is 4.79 Å². The largest absolute Gasteiger partial charge is 0.480 e. The molecule has 0 aromatic heterocycles. The molecule has 0 heterocycles. The van der Waals surface area contributed by atoms with Gasteiger partial charge in [-0.05, 0) is 30.5 Å². The zero-order valence-corrected chi connectivity index (χ0v) is 11.0. The number of carboxylic acids is 1. The Morgan fingerprint density at radius 1 is 1.33 bits per heavy atom. The number of halogens is 1. The highest BCUT2D eigenvalue weighted by Crippen LogP contribution is 2.23. The fraction of sp³-hybridized carbons (Fsp3) is 0.500. The topological polar surface area (TPSA) is 49.3 Å². The summed E-state index contributed by atoms with van der Waals surface area (Å²) in [5, 5.41) is 13.2. The van der Waals surface area contributed by atoms with E-state index in [-0.39, 0.29) is 0 Å². The number of hydrogen-bond donors (Lipinski definition) is 2. The van der Waals surface area contributed by atoms with E-state index in [9.17, 15) is 9.90 Å². The van der Waals surface area contributed by atoms with Crippen LogP contribution >= 0.6 is 11.6 Å². The first-order valence-electron chi connectivity index (χ1n) is 6.41. The molecular formula is C14H18ClNO2. The molecule has 0 amide bonds. The highest BCUT2D eigenvalue weighted by Gasteiger charge is 2.24. The molecule has 0 bridgehead atoms.